The third-order valence-electron chi connectivity index (χ3n) is 1.20. The summed E-state index contributed by atoms with van der Waals surface area (Å²) in [5.41, 5.74) is 0. The van der Waals surface area contributed by atoms with Gasteiger partial charge in [-0.15, -0.1) is 0 Å². The van der Waals surface area contributed by atoms with Gasteiger partial charge >= 0.3 is 0 Å². The van der Waals surface area contributed by atoms with Gasteiger partial charge in [-0.05, 0) is 6.92 Å². The topological polar surface area (TPSA) is 77.8 Å². The van der Waals surface area contributed by atoms with Crippen molar-refractivity contribution in [2.24, 2.45) is 0 Å². The van der Waals surface area contributed by atoms with Crippen LogP contribution in [0.2, 0.25) is 0 Å². The van der Waals surface area contributed by atoms with Crippen molar-refractivity contribution in [3.8, 4) is 0 Å². The monoisotopic (exact) mass is 148 g/mol. The second-order valence-corrected chi connectivity index (χ2v) is 2.25. The predicted octanol–water partition coefficient (Wildman–Crippen LogP) is -1.32. The Morgan fingerprint density at radius 1 is 1.40 bits per heavy atom. The van der Waals surface area contributed by atoms with E-state index in [1.54, 1.807) is 0 Å². The Morgan fingerprint density at radius 3 is 2.20 bits per heavy atom. The van der Waals surface area contributed by atoms with Gasteiger partial charge in [0.1, 0.15) is 12.4 Å². The van der Waals surface area contributed by atoms with Crippen LogP contribution in [0.15, 0.2) is 0 Å². The number of aldehydes is 1. The molecule has 0 aliphatic heterocycles. The summed E-state index contributed by atoms with van der Waals surface area (Å²) in [6, 6.07) is 0. The molecule has 0 radical (unpaired) electrons. The van der Waals surface area contributed by atoms with Crippen molar-refractivity contribution in [2.45, 2.75) is 31.7 Å². The molecule has 0 aromatic carbocycles. The van der Waals surface area contributed by atoms with Gasteiger partial charge in [0.25, 0.3) is 0 Å². The molecule has 0 unspecified atom stereocenters. The van der Waals surface area contributed by atoms with Crippen LogP contribution in [0, 0.1) is 0 Å². The molecule has 0 aliphatic rings. The Hall–Kier alpha value is -0.450. The van der Waals surface area contributed by atoms with Gasteiger partial charge in [-0.25, -0.2) is 0 Å². The Bertz CT molecular complexity index is 102. The molecule has 0 spiro atoms. The zero-order chi connectivity index (χ0) is 8.15. The van der Waals surface area contributed by atoms with E-state index < -0.39 is 18.3 Å². The van der Waals surface area contributed by atoms with Gasteiger partial charge in [0.15, 0.2) is 0 Å². The molecule has 4 nitrogen and oxygen atoms in total. The highest BCUT2D eigenvalue weighted by atomic mass is 16.3. The van der Waals surface area contributed by atoms with Crippen LogP contribution in [0.25, 0.3) is 0 Å². The Balaban J connectivity index is 3.56. The summed E-state index contributed by atoms with van der Waals surface area (Å²) < 4.78 is 0. The van der Waals surface area contributed by atoms with E-state index >= 15 is 0 Å². The molecule has 3 N–H and O–H groups in total. The fraction of sp³-hybridized carbons (Fsp3) is 0.833. The molecule has 0 rings (SSSR count). The van der Waals surface area contributed by atoms with Crippen LogP contribution in [0.3, 0.4) is 0 Å². The maximum Gasteiger partial charge on any atom is 0.148 e. The highest BCUT2D eigenvalue weighted by molar-refractivity contribution is 5.55. The largest absolute Gasteiger partial charge is 0.391 e. The van der Waals surface area contributed by atoms with Crippen LogP contribution >= 0.6 is 0 Å². The van der Waals surface area contributed by atoms with Crippen LogP contribution in [-0.2, 0) is 4.79 Å². The molecule has 0 aromatic rings. The first-order valence-corrected chi connectivity index (χ1v) is 3.07. The van der Waals surface area contributed by atoms with Crippen molar-refractivity contribution in [3.63, 3.8) is 0 Å². The molecule has 0 heterocycles. The quantitative estimate of drug-likeness (QED) is 0.432. The van der Waals surface area contributed by atoms with Gasteiger partial charge in [-0.1, -0.05) is 0 Å². The van der Waals surface area contributed by atoms with Crippen molar-refractivity contribution < 1.29 is 20.1 Å². The number of aliphatic hydroxyl groups excluding tert-OH is 3. The number of carbonyl (C=O) groups is 1. The van der Waals surface area contributed by atoms with Crippen molar-refractivity contribution in [2.75, 3.05) is 0 Å². The summed E-state index contributed by atoms with van der Waals surface area (Å²) in [5.74, 6) is 0. The SMILES string of the molecule is C[C@@H](O)[C@H](O)C[C@H](O)C=O. The van der Waals surface area contributed by atoms with Crippen molar-refractivity contribution in [3.05, 3.63) is 0 Å². The molecule has 0 fully saturated rings. The number of aliphatic hydroxyl groups is 3. The molecule has 0 saturated carbocycles. The van der Waals surface area contributed by atoms with Gasteiger partial charge in [-0.3, -0.25) is 0 Å². The van der Waals surface area contributed by atoms with Gasteiger partial charge in [0, 0.05) is 6.42 Å². The molecule has 0 bridgehead atoms. The molecule has 0 saturated heterocycles. The fourth-order valence-corrected chi connectivity index (χ4v) is 0.500. The third kappa shape index (κ3) is 3.55. The summed E-state index contributed by atoms with van der Waals surface area (Å²) in [5, 5.41) is 26.2. The van der Waals surface area contributed by atoms with E-state index in [9.17, 15) is 4.79 Å². The Labute approximate surface area is 59.1 Å². The minimum Gasteiger partial charge on any atom is -0.391 e. The van der Waals surface area contributed by atoms with Crippen molar-refractivity contribution in [1.82, 2.24) is 0 Å². The lowest BCUT2D eigenvalue weighted by Gasteiger charge is -2.13. The van der Waals surface area contributed by atoms with E-state index in [1.165, 1.54) is 6.92 Å². The van der Waals surface area contributed by atoms with Gasteiger partial charge in [-0.2, -0.15) is 0 Å². The summed E-state index contributed by atoms with van der Waals surface area (Å²) >= 11 is 0. The van der Waals surface area contributed by atoms with Gasteiger partial charge in [0.05, 0.1) is 12.2 Å². The van der Waals surface area contributed by atoms with Crippen molar-refractivity contribution >= 4 is 6.29 Å². The number of hydrogen-bond donors (Lipinski definition) is 3. The van der Waals surface area contributed by atoms with Crippen LogP contribution in [0.5, 0.6) is 0 Å². The normalized spacial score (nSPS) is 19.6. The first-order chi connectivity index (χ1) is 4.57. The lowest BCUT2D eigenvalue weighted by Crippen LogP contribution is -2.28. The first-order valence-electron chi connectivity index (χ1n) is 3.07. The first kappa shape index (κ1) is 9.55. The highest BCUT2D eigenvalue weighted by Crippen LogP contribution is 2.00. The predicted molar refractivity (Wildman–Crippen MR) is 34.4 cm³/mol. The van der Waals surface area contributed by atoms with Crippen LogP contribution in [0.4, 0.5) is 0 Å². The fourth-order valence-electron chi connectivity index (χ4n) is 0.500. The second-order valence-electron chi connectivity index (χ2n) is 2.25. The lowest BCUT2D eigenvalue weighted by molar-refractivity contribution is -0.117. The van der Waals surface area contributed by atoms with Crippen LogP contribution in [0.1, 0.15) is 13.3 Å². The number of hydrogen-bond acceptors (Lipinski definition) is 4. The summed E-state index contributed by atoms with van der Waals surface area (Å²) in [6.45, 7) is 1.39. The standard InChI is InChI=1S/C6H12O4/c1-4(8)6(10)2-5(9)3-7/h3-6,8-10H,2H2,1H3/t4-,5+,6-/m1/s1. The lowest BCUT2D eigenvalue weighted by atomic mass is 10.1. The minimum absolute atomic E-state index is 0.110. The number of rotatable bonds is 4. The maximum absolute atomic E-state index is 9.82. The smallest absolute Gasteiger partial charge is 0.148 e. The van der Waals surface area contributed by atoms with E-state index in [-0.39, 0.29) is 6.42 Å². The molecule has 4 heteroatoms. The molecular formula is C6H12O4. The maximum atomic E-state index is 9.82. The molecule has 0 aliphatic carbocycles. The summed E-state index contributed by atoms with van der Waals surface area (Å²) in [7, 11) is 0. The van der Waals surface area contributed by atoms with E-state index in [1.807, 2.05) is 0 Å². The average Bonchev–Trinajstić information content (AvgIpc) is 1.87. The molecule has 0 amide bonds. The van der Waals surface area contributed by atoms with E-state index in [0.29, 0.717) is 6.29 Å². The van der Waals surface area contributed by atoms with Gasteiger partial charge < -0.3 is 20.1 Å². The molecule has 60 valence electrons. The summed E-state index contributed by atoms with van der Waals surface area (Å²) in [6.07, 6.45) is -2.90. The van der Waals surface area contributed by atoms with Crippen molar-refractivity contribution in [1.29, 1.82) is 0 Å². The van der Waals surface area contributed by atoms with E-state index in [0.717, 1.165) is 0 Å². The molecular weight excluding hydrogens is 136 g/mol. The van der Waals surface area contributed by atoms with Crippen LogP contribution < -0.4 is 0 Å². The number of carbonyl (C=O) groups excluding carboxylic acids is 1. The zero-order valence-electron chi connectivity index (χ0n) is 5.77. The Morgan fingerprint density at radius 2 is 1.90 bits per heavy atom. The minimum atomic E-state index is -1.18. The third-order valence-corrected chi connectivity index (χ3v) is 1.20. The van der Waals surface area contributed by atoms with Gasteiger partial charge in [0.2, 0.25) is 0 Å². The second kappa shape index (κ2) is 4.38. The highest BCUT2D eigenvalue weighted by Gasteiger charge is 2.14. The average molecular weight is 148 g/mol. The zero-order valence-corrected chi connectivity index (χ0v) is 5.77. The summed E-state index contributed by atoms with van der Waals surface area (Å²) in [4.78, 5) is 9.82. The Kier molecular flexibility index (Phi) is 4.18. The molecule has 3 atom stereocenters. The van der Waals surface area contributed by atoms with E-state index in [4.69, 9.17) is 15.3 Å². The molecule has 10 heavy (non-hydrogen) atoms. The molecule has 0 aromatic heterocycles. The van der Waals surface area contributed by atoms with E-state index in [2.05, 4.69) is 0 Å². The van der Waals surface area contributed by atoms with Crippen LogP contribution in [-0.4, -0.2) is 39.9 Å².